The lowest BCUT2D eigenvalue weighted by molar-refractivity contribution is 0.145. The van der Waals surface area contributed by atoms with Gasteiger partial charge >= 0.3 is 6.09 Å². The molecule has 0 fully saturated rings. The van der Waals surface area contributed by atoms with E-state index in [-0.39, 0.29) is 12.1 Å². The highest BCUT2D eigenvalue weighted by molar-refractivity contribution is 6.31. The molecule has 0 unspecified atom stereocenters. The fourth-order valence-corrected chi connectivity index (χ4v) is 1.46. The van der Waals surface area contributed by atoms with Gasteiger partial charge in [-0.25, -0.2) is 4.79 Å². The van der Waals surface area contributed by atoms with Crippen molar-refractivity contribution >= 4 is 17.7 Å². The van der Waals surface area contributed by atoms with Crippen molar-refractivity contribution in [1.29, 1.82) is 0 Å². The summed E-state index contributed by atoms with van der Waals surface area (Å²) in [4.78, 5) is 11.2. The molecule has 1 amide bonds. The molecule has 4 heteroatoms. The smallest absolute Gasteiger partial charge is 0.407 e. The molecule has 1 aromatic rings. The van der Waals surface area contributed by atoms with E-state index in [1.54, 1.807) is 0 Å². The van der Waals surface area contributed by atoms with Crippen LogP contribution in [-0.4, -0.2) is 18.7 Å². The Hall–Kier alpha value is -1.22. The van der Waals surface area contributed by atoms with E-state index in [4.69, 9.17) is 16.3 Å². The van der Waals surface area contributed by atoms with E-state index in [2.05, 4.69) is 5.32 Å². The lowest BCUT2D eigenvalue weighted by Gasteiger charge is -2.09. The first kappa shape index (κ1) is 12.8. The molecule has 0 aliphatic heterocycles. The molecular weight excluding hydrogens is 226 g/mol. The highest BCUT2D eigenvalue weighted by Gasteiger charge is 2.04. The molecule has 16 heavy (non-hydrogen) atoms. The van der Waals surface area contributed by atoms with Gasteiger partial charge in [-0.3, -0.25) is 0 Å². The van der Waals surface area contributed by atoms with Gasteiger partial charge in [0.05, 0.1) is 6.61 Å². The van der Waals surface area contributed by atoms with Crippen molar-refractivity contribution in [2.24, 2.45) is 0 Å². The van der Waals surface area contributed by atoms with Crippen molar-refractivity contribution in [3.05, 3.63) is 34.9 Å². The monoisotopic (exact) mass is 241 g/mol. The summed E-state index contributed by atoms with van der Waals surface area (Å²) in [5, 5.41) is 3.35. The van der Waals surface area contributed by atoms with E-state index in [0.717, 1.165) is 5.56 Å². The van der Waals surface area contributed by atoms with Crippen molar-refractivity contribution in [3.8, 4) is 0 Å². The topological polar surface area (TPSA) is 38.3 Å². The molecule has 3 nitrogen and oxygen atoms in total. The number of carbonyl (C=O) groups is 1. The van der Waals surface area contributed by atoms with Crippen molar-refractivity contribution in [2.45, 2.75) is 26.3 Å². The van der Waals surface area contributed by atoms with Crippen molar-refractivity contribution in [2.75, 3.05) is 6.61 Å². The number of hydrogen-bond donors (Lipinski definition) is 1. The van der Waals surface area contributed by atoms with Gasteiger partial charge in [0.25, 0.3) is 0 Å². The Morgan fingerprint density at radius 2 is 2.12 bits per heavy atom. The molecule has 0 aromatic heterocycles. The van der Waals surface area contributed by atoms with Gasteiger partial charge in [-0.05, 0) is 25.5 Å². The Labute approximate surface area is 101 Å². The Bertz CT molecular complexity index is 353. The Morgan fingerprint density at radius 3 is 2.75 bits per heavy atom. The zero-order chi connectivity index (χ0) is 12.0. The maximum absolute atomic E-state index is 11.2. The molecule has 1 rings (SSSR count). The number of alkyl carbamates (subject to hydrolysis) is 1. The van der Waals surface area contributed by atoms with Crippen LogP contribution in [0.5, 0.6) is 0 Å². The lowest BCUT2D eigenvalue weighted by atomic mass is 10.2. The summed E-state index contributed by atoms with van der Waals surface area (Å²) in [7, 11) is 0. The number of ether oxygens (including phenoxy) is 1. The van der Waals surface area contributed by atoms with E-state index < -0.39 is 0 Å². The fraction of sp³-hybridized carbons (Fsp3) is 0.417. The van der Waals surface area contributed by atoms with Crippen molar-refractivity contribution in [1.82, 2.24) is 5.32 Å². The normalized spacial score (nSPS) is 10.2. The summed E-state index contributed by atoms with van der Waals surface area (Å²) < 4.78 is 5.00. The molecule has 0 spiro atoms. The van der Waals surface area contributed by atoms with Gasteiger partial charge in [-0.2, -0.15) is 0 Å². The number of hydrogen-bond acceptors (Lipinski definition) is 2. The van der Waals surface area contributed by atoms with Crippen molar-refractivity contribution < 1.29 is 9.53 Å². The van der Waals surface area contributed by atoms with Crippen LogP contribution in [0.25, 0.3) is 0 Å². The van der Waals surface area contributed by atoms with E-state index in [9.17, 15) is 4.79 Å². The largest absolute Gasteiger partial charge is 0.449 e. The average molecular weight is 242 g/mol. The number of carbonyl (C=O) groups excluding carboxylic acids is 1. The van der Waals surface area contributed by atoms with Crippen LogP contribution in [0.2, 0.25) is 5.02 Å². The van der Waals surface area contributed by atoms with Crippen LogP contribution in [-0.2, 0) is 11.2 Å². The number of halogens is 1. The molecule has 0 aliphatic rings. The van der Waals surface area contributed by atoms with Crippen LogP contribution in [0.4, 0.5) is 4.79 Å². The van der Waals surface area contributed by atoms with Crippen LogP contribution < -0.4 is 5.32 Å². The number of benzene rings is 1. The number of nitrogens with one attached hydrogen (secondary N) is 1. The third kappa shape index (κ3) is 4.53. The van der Waals surface area contributed by atoms with Gasteiger partial charge in [0.2, 0.25) is 0 Å². The first-order valence-electron chi connectivity index (χ1n) is 5.26. The van der Waals surface area contributed by atoms with E-state index in [0.29, 0.717) is 18.1 Å². The van der Waals surface area contributed by atoms with Gasteiger partial charge < -0.3 is 10.1 Å². The zero-order valence-corrected chi connectivity index (χ0v) is 10.3. The SMILES string of the molecule is CC(C)NC(=O)OCCc1ccccc1Cl. The fourth-order valence-electron chi connectivity index (χ4n) is 1.23. The minimum Gasteiger partial charge on any atom is -0.449 e. The quantitative estimate of drug-likeness (QED) is 0.880. The van der Waals surface area contributed by atoms with E-state index >= 15 is 0 Å². The second-order valence-electron chi connectivity index (χ2n) is 3.78. The Kier molecular flexibility index (Phi) is 5.12. The molecule has 0 saturated heterocycles. The van der Waals surface area contributed by atoms with E-state index in [1.165, 1.54) is 0 Å². The zero-order valence-electron chi connectivity index (χ0n) is 9.50. The second-order valence-corrected chi connectivity index (χ2v) is 4.18. The summed E-state index contributed by atoms with van der Waals surface area (Å²) >= 11 is 5.97. The molecule has 0 saturated carbocycles. The molecule has 1 aromatic carbocycles. The molecule has 88 valence electrons. The van der Waals surface area contributed by atoms with Crippen molar-refractivity contribution in [3.63, 3.8) is 0 Å². The van der Waals surface area contributed by atoms with Gasteiger partial charge in [-0.15, -0.1) is 0 Å². The lowest BCUT2D eigenvalue weighted by Crippen LogP contribution is -2.31. The number of amides is 1. The summed E-state index contributed by atoms with van der Waals surface area (Å²) in [5.74, 6) is 0. The van der Waals surface area contributed by atoms with E-state index in [1.807, 2.05) is 38.1 Å². The highest BCUT2D eigenvalue weighted by atomic mass is 35.5. The molecule has 0 atom stereocenters. The average Bonchev–Trinajstić information content (AvgIpc) is 2.19. The predicted octanol–water partition coefficient (Wildman–Crippen LogP) is 3.02. The molecule has 0 radical (unpaired) electrons. The summed E-state index contributed by atoms with van der Waals surface area (Å²) in [5.41, 5.74) is 0.988. The van der Waals surface area contributed by atoms with Crippen LogP contribution in [0.3, 0.4) is 0 Å². The minimum atomic E-state index is -0.387. The van der Waals surface area contributed by atoms with Crippen LogP contribution >= 0.6 is 11.6 Å². The van der Waals surface area contributed by atoms with Gasteiger partial charge in [0, 0.05) is 17.5 Å². The van der Waals surface area contributed by atoms with Crippen LogP contribution in [0.1, 0.15) is 19.4 Å². The van der Waals surface area contributed by atoms with Gasteiger partial charge in [0.15, 0.2) is 0 Å². The minimum absolute atomic E-state index is 0.0906. The Morgan fingerprint density at radius 1 is 1.44 bits per heavy atom. The standard InChI is InChI=1S/C12H16ClNO2/c1-9(2)14-12(15)16-8-7-10-5-3-4-6-11(10)13/h3-6,9H,7-8H2,1-2H3,(H,14,15). The highest BCUT2D eigenvalue weighted by Crippen LogP contribution is 2.15. The van der Waals surface area contributed by atoms with Crippen LogP contribution in [0, 0.1) is 0 Å². The summed E-state index contributed by atoms with van der Waals surface area (Å²) in [6.45, 7) is 4.10. The summed E-state index contributed by atoms with van der Waals surface area (Å²) in [6, 6.07) is 7.62. The van der Waals surface area contributed by atoms with Crippen LogP contribution in [0.15, 0.2) is 24.3 Å². The first-order valence-corrected chi connectivity index (χ1v) is 5.64. The maximum Gasteiger partial charge on any atom is 0.407 e. The summed E-state index contributed by atoms with van der Waals surface area (Å²) in [6.07, 6.45) is 0.243. The van der Waals surface area contributed by atoms with Gasteiger partial charge in [0.1, 0.15) is 0 Å². The second kappa shape index (κ2) is 6.38. The molecule has 0 heterocycles. The predicted molar refractivity (Wildman–Crippen MR) is 64.8 cm³/mol. The number of rotatable bonds is 4. The molecular formula is C12H16ClNO2. The molecule has 0 aliphatic carbocycles. The third-order valence-electron chi connectivity index (χ3n) is 1.97. The maximum atomic E-state index is 11.2. The molecule has 1 N–H and O–H groups in total. The third-order valence-corrected chi connectivity index (χ3v) is 2.34. The Balaban J connectivity index is 2.31. The molecule has 0 bridgehead atoms. The van der Waals surface area contributed by atoms with Gasteiger partial charge in [-0.1, -0.05) is 29.8 Å². The first-order chi connectivity index (χ1) is 7.59.